The largest absolute Gasteiger partial charge is 0.434 e. The average Bonchev–Trinajstić information content (AvgIpc) is 3.09. The predicted molar refractivity (Wildman–Crippen MR) is 75.6 cm³/mol. The van der Waals surface area contributed by atoms with E-state index < -0.39 is 18.0 Å². The molecule has 0 unspecified atom stereocenters. The van der Waals surface area contributed by atoms with Gasteiger partial charge < -0.3 is 14.6 Å². The van der Waals surface area contributed by atoms with Gasteiger partial charge in [0, 0.05) is 25.7 Å². The lowest BCUT2D eigenvalue weighted by Gasteiger charge is -2.24. The maximum absolute atomic E-state index is 12.7. The predicted octanol–water partition coefficient (Wildman–Crippen LogP) is 2.15. The minimum atomic E-state index is -4.41. The highest BCUT2D eigenvalue weighted by atomic mass is 19.4. The van der Waals surface area contributed by atoms with Crippen LogP contribution in [0.15, 0.2) is 6.20 Å². The summed E-state index contributed by atoms with van der Waals surface area (Å²) in [6, 6.07) is 0. The molecule has 0 saturated carbocycles. The molecular weight excluding hydrogens is 311 g/mol. The van der Waals surface area contributed by atoms with E-state index in [1.54, 1.807) is 4.57 Å². The standard InChI is InChI=1S/C15H20F3N3O2/c1-9-2-4-11(23-9)14(22)19-6-10-3-5-13-20-12(15(16,17)18)8-21(13)7-10/h8-11H,2-7H2,1H3,(H,19,22)/t9-,10-,11-/m1/s1. The van der Waals surface area contributed by atoms with Crippen molar-refractivity contribution in [3.63, 3.8) is 0 Å². The molecule has 1 N–H and O–H groups in total. The van der Waals surface area contributed by atoms with Crippen molar-refractivity contribution in [2.75, 3.05) is 6.54 Å². The number of aryl methyl sites for hydroxylation is 1. The zero-order valence-corrected chi connectivity index (χ0v) is 12.9. The summed E-state index contributed by atoms with van der Waals surface area (Å²) in [7, 11) is 0. The van der Waals surface area contributed by atoms with Gasteiger partial charge in [0.15, 0.2) is 5.69 Å². The fraction of sp³-hybridized carbons (Fsp3) is 0.733. The number of carbonyl (C=O) groups is 1. The number of hydrogen-bond acceptors (Lipinski definition) is 3. The van der Waals surface area contributed by atoms with E-state index >= 15 is 0 Å². The Labute approximate surface area is 132 Å². The second-order valence-corrected chi connectivity index (χ2v) is 6.36. The Kier molecular flexibility index (Phi) is 4.35. The SMILES string of the molecule is C[C@@H]1CC[C@H](C(=O)NC[C@H]2CCc3nc(C(F)(F)F)cn3C2)O1. The first kappa shape index (κ1) is 16.3. The fourth-order valence-corrected chi connectivity index (χ4v) is 3.17. The minimum absolute atomic E-state index is 0.106. The molecule has 128 valence electrons. The Morgan fingerprint density at radius 1 is 1.43 bits per heavy atom. The van der Waals surface area contributed by atoms with Crippen molar-refractivity contribution in [2.24, 2.45) is 5.92 Å². The molecule has 2 aliphatic rings. The highest BCUT2D eigenvalue weighted by molar-refractivity contribution is 5.81. The minimum Gasteiger partial charge on any atom is -0.365 e. The van der Waals surface area contributed by atoms with Gasteiger partial charge in [-0.3, -0.25) is 4.79 Å². The van der Waals surface area contributed by atoms with Gasteiger partial charge >= 0.3 is 6.18 Å². The molecule has 1 aromatic heterocycles. The zero-order chi connectivity index (χ0) is 16.6. The Balaban J connectivity index is 1.53. The van der Waals surface area contributed by atoms with Crippen LogP contribution >= 0.6 is 0 Å². The van der Waals surface area contributed by atoms with E-state index in [-0.39, 0.29) is 17.9 Å². The molecule has 1 aromatic rings. The summed E-state index contributed by atoms with van der Waals surface area (Å²) in [5, 5.41) is 2.86. The van der Waals surface area contributed by atoms with Crippen LogP contribution in [0, 0.1) is 5.92 Å². The van der Waals surface area contributed by atoms with E-state index in [0.29, 0.717) is 25.3 Å². The molecule has 0 bridgehead atoms. The van der Waals surface area contributed by atoms with Crippen LogP contribution in [0.4, 0.5) is 13.2 Å². The Morgan fingerprint density at radius 2 is 2.22 bits per heavy atom. The van der Waals surface area contributed by atoms with E-state index in [2.05, 4.69) is 10.3 Å². The van der Waals surface area contributed by atoms with Gasteiger partial charge in [0.25, 0.3) is 0 Å². The van der Waals surface area contributed by atoms with E-state index in [0.717, 1.165) is 25.5 Å². The zero-order valence-electron chi connectivity index (χ0n) is 12.9. The topological polar surface area (TPSA) is 56.2 Å². The van der Waals surface area contributed by atoms with Crippen LogP contribution in [0.25, 0.3) is 0 Å². The number of alkyl halides is 3. The van der Waals surface area contributed by atoms with Crippen molar-refractivity contribution < 1.29 is 22.7 Å². The summed E-state index contributed by atoms with van der Waals surface area (Å²) >= 11 is 0. The molecule has 23 heavy (non-hydrogen) atoms. The summed E-state index contributed by atoms with van der Waals surface area (Å²) in [4.78, 5) is 15.7. The number of hydrogen-bond donors (Lipinski definition) is 1. The average molecular weight is 331 g/mol. The molecule has 3 atom stereocenters. The quantitative estimate of drug-likeness (QED) is 0.923. The number of nitrogens with zero attached hydrogens (tertiary/aromatic N) is 2. The van der Waals surface area contributed by atoms with Crippen LogP contribution in [0.3, 0.4) is 0 Å². The summed E-state index contributed by atoms with van der Waals surface area (Å²) in [5.41, 5.74) is -0.842. The van der Waals surface area contributed by atoms with E-state index in [4.69, 9.17) is 4.74 Å². The fourth-order valence-electron chi connectivity index (χ4n) is 3.17. The van der Waals surface area contributed by atoms with Crippen LogP contribution in [0.1, 0.15) is 37.7 Å². The normalized spacial score (nSPS) is 27.7. The van der Waals surface area contributed by atoms with Crippen LogP contribution in [0.2, 0.25) is 0 Å². The molecular formula is C15H20F3N3O2. The molecule has 3 rings (SSSR count). The number of imidazole rings is 1. The van der Waals surface area contributed by atoms with Gasteiger partial charge in [-0.1, -0.05) is 0 Å². The van der Waals surface area contributed by atoms with E-state index in [9.17, 15) is 18.0 Å². The lowest BCUT2D eigenvalue weighted by molar-refractivity contribution is -0.141. The molecule has 0 aliphatic carbocycles. The van der Waals surface area contributed by atoms with Crippen molar-refractivity contribution >= 4 is 5.91 Å². The van der Waals surface area contributed by atoms with Crippen LogP contribution < -0.4 is 5.32 Å². The number of rotatable bonds is 3. The van der Waals surface area contributed by atoms with Gasteiger partial charge in [-0.15, -0.1) is 0 Å². The molecule has 8 heteroatoms. The van der Waals surface area contributed by atoms with Gasteiger partial charge in [-0.05, 0) is 32.1 Å². The maximum atomic E-state index is 12.7. The summed E-state index contributed by atoms with van der Waals surface area (Å²) < 4.78 is 45.1. The van der Waals surface area contributed by atoms with Crippen LogP contribution in [-0.2, 0) is 28.7 Å². The van der Waals surface area contributed by atoms with E-state index in [1.807, 2.05) is 6.92 Å². The van der Waals surface area contributed by atoms with Gasteiger partial charge in [0.2, 0.25) is 5.91 Å². The first-order chi connectivity index (χ1) is 10.8. The van der Waals surface area contributed by atoms with Crippen molar-refractivity contribution in [2.45, 2.75) is 57.5 Å². The van der Waals surface area contributed by atoms with Crippen molar-refractivity contribution in [3.05, 3.63) is 17.7 Å². The lowest BCUT2D eigenvalue weighted by Crippen LogP contribution is -2.39. The molecule has 3 heterocycles. The number of fused-ring (bicyclic) bond motifs is 1. The molecule has 2 aliphatic heterocycles. The summed E-state index contributed by atoms with van der Waals surface area (Å²) in [6.45, 7) is 2.83. The van der Waals surface area contributed by atoms with Crippen molar-refractivity contribution in [3.8, 4) is 0 Å². The third-order valence-electron chi connectivity index (χ3n) is 4.47. The Morgan fingerprint density at radius 3 is 2.87 bits per heavy atom. The molecule has 0 spiro atoms. The second kappa shape index (κ2) is 6.14. The summed E-state index contributed by atoms with van der Waals surface area (Å²) in [6.07, 6.45) is -0.832. The number of aromatic nitrogens is 2. The van der Waals surface area contributed by atoms with Gasteiger partial charge in [-0.25, -0.2) is 4.98 Å². The number of amides is 1. The van der Waals surface area contributed by atoms with Crippen molar-refractivity contribution in [1.82, 2.24) is 14.9 Å². The molecule has 5 nitrogen and oxygen atoms in total. The van der Waals surface area contributed by atoms with Crippen molar-refractivity contribution in [1.29, 1.82) is 0 Å². The van der Waals surface area contributed by atoms with Crippen LogP contribution in [0.5, 0.6) is 0 Å². The monoisotopic (exact) mass is 331 g/mol. The van der Waals surface area contributed by atoms with Gasteiger partial charge in [0.05, 0.1) is 6.10 Å². The Hall–Kier alpha value is -1.57. The molecule has 0 aromatic carbocycles. The smallest absolute Gasteiger partial charge is 0.365 e. The molecule has 1 amide bonds. The number of nitrogens with one attached hydrogen (secondary N) is 1. The molecule has 1 fully saturated rings. The first-order valence-corrected chi connectivity index (χ1v) is 7.89. The third-order valence-corrected chi connectivity index (χ3v) is 4.47. The second-order valence-electron chi connectivity index (χ2n) is 6.36. The molecule has 0 radical (unpaired) electrons. The summed E-state index contributed by atoms with van der Waals surface area (Å²) in [5.74, 6) is 0.454. The first-order valence-electron chi connectivity index (χ1n) is 7.89. The van der Waals surface area contributed by atoms with Gasteiger partial charge in [-0.2, -0.15) is 13.2 Å². The number of carbonyl (C=O) groups excluding carboxylic acids is 1. The highest BCUT2D eigenvalue weighted by Crippen LogP contribution is 2.30. The number of halogens is 3. The van der Waals surface area contributed by atoms with Gasteiger partial charge in [0.1, 0.15) is 11.9 Å². The van der Waals surface area contributed by atoms with E-state index in [1.165, 1.54) is 0 Å². The maximum Gasteiger partial charge on any atom is 0.434 e. The molecule has 1 saturated heterocycles. The lowest BCUT2D eigenvalue weighted by atomic mass is 9.99. The Bertz CT molecular complexity index is 585. The van der Waals surface area contributed by atoms with Crippen LogP contribution in [-0.4, -0.2) is 34.2 Å². The third kappa shape index (κ3) is 3.68. The highest BCUT2D eigenvalue weighted by Gasteiger charge is 2.36. The number of ether oxygens (including phenoxy) is 1.